The molecule has 1 aromatic heterocycles. The average Bonchev–Trinajstić information content (AvgIpc) is 2.96. The highest BCUT2D eigenvalue weighted by Crippen LogP contribution is 2.21. The van der Waals surface area contributed by atoms with Gasteiger partial charge in [0.2, 0.25) is 0 Å². The van der Waals surface area contributed by atoms with Gasteiger partial charge >= 0.3 is 0 Å². The van der Waals surface area contributed by atoms with Crippen LogP contribution in [0.5, 0.6) is 0 Å². The van der Waals surface area contributed by atoms with E-state index in [1.54, 1.807) is 0 Å². The Hall–Kier alpha value is -2.26. The van der Waals surface area contributed by atoms with Gasteiger partial charge in [0.1, 0.15) is 0 Å². The van der Waals surface area contributed by atoms with E-state index < -0.39 is 0 Å². The Balaban J connectivity index is 1.71. The maximum absolute atomic E-state index is 6.11. The summed E-state index contributed by atoms with van der Waals surface area (Å²) in [5.41, 5.74) is 3.09. The number of rotatable bonds is 4. The maximum atomic E-state index is 6.11. The van der Waals surface area contributed by atoms with Crippen molar-refractivity contribution < 1.29 is 0 Å². The molecule has 0 aliphatic carbocycles. The highest BCUT2D eigenvalue weighted by molar-refractivity contribution is 6.33. The Morgan fingerprint density at radius 1 is 1.00 bits per heavy atom. The van der Waals surface area contributed by atoms with E-state index in [1.807, 2.05) is 71.7 Å². The lowest BCUT2D eigenvalue weighted by Gasteiger charge is -2.06. The lowest BCUT2D eigenvalue weighted by Crippen LogP contribution is -1.99. The quantitative estimate of drug-likeness (QED) is 0.780. The van der Waals surface area contributed by atoms with Crippen LogP contribution in [0.25, 0.3) is 5.69 Å². The van der Waals surface area contributed by atoms with Crippen molar-refractivity contribution in [1.82, 2.24) is 9.78 Å². The summed E-state index contributed by atoms with van der Waals surface area (Å²) in [5, 5.41) is 8.40. The highest BCUT2D eigenvalue weighted by atomic mass is 35.5. The summed E-state index contributed by atoms with van der Waals surface area (Å²) in [7, 11) is 0. The van der Waals surface area contributed by atoms with Crippen molar-refractivity contribution in [3.8, 4) is 5.69 Å². The number of halogens is 1. The number of aromatic nitrogens is 2. The molecule has 0 saturated heterocycles. The van der Waals surface area contributed by atoms with E-state index in [0.29, 0.717) is 6.54 Å². The molecule has 4 heteroatoms. The molecule has 1 N–H and O–H groups in total. The minimum absolute atomic E-state index is 0.691. The van der Waals surface area contributed by atoms with Crippen molar-refractivity contribution >= 4 is 17.3 Å². The summed E-state index contributed by atoms with van der Waals surface area (Å²) in [6.45, 7) is 0.691. The van der Waals surface area contributed by atoms with Gasteiger partial charge in [-0.2, -0.15) is 5.10 Å². The van der Waals surface area contributed by atoms with Gasteiger partial charge in [0.05, 0.1) is 22.6 Å². The fourth-order valence-electron chi connectivity index (χ4n) is 1.98. The molecular weight excluding hydrogens is 270 g/mol. The predicted octanol–water partition coefficient (Wildman–Crippen LogP) is 4.14. The van der Waals surface area contributed by atoms with E-state index in [9.17, 15) is 0 Å². The predicted molar refractivity (Wildman–Crippen MR) is 82.3 cm³/mol. The van der Waals surface area contributed by atoms with Crippen LogP contribution in [0.1, 0.15) is 5.56 Å². The fourth-order valence-corrected chi connectivity index (χ4v) is 2.18. The molecule has 3 nitrogen and oxygen atoms in total. The molecule has 0 unspecified atom stereocenters. The Labute approximate surface area is 122 Å². The van der Waals surface area contributed by atoms with E-state index >= 15 is 0 Å². The van der Waals surface area contributed by atoms with Crippen molar-refractivity contribution in [2.45, 2.75) is 6.54 Å². The van der Waals surface area contributed by atoms with Crippen LogP contribution >= 0.6 is 11.6 Å². The van der Waals surface area contributed by atoms with Crippen LogP contribution in [-0.4, -0.2) is 9.78 Å². The molecule has 3 rings (SSSR count). The lowest BCUT2D eigenvalue weighted by atomic mass is 10.3. The Morgan fingerprint density at radius 2 is 1.75 bits per heavy atom. The Bertz CT molecular complexity index is 692. The molecule has 100 valence electrons. The molecule has 0 amide bonds. The van der Waals surface area contributed by atoms with Crippen LogP contribution in [0.4, 0.5) is 5.69 Å². The summed E-state index contributed by atoms with van der Waals surface area (Å²) in [6.07, 6.45) is 3.87. The van der Waals surface area contributed by atoms with Gasteiger partial charge in [-0.3, -0.25) is 0 Å². The van der Waals surface area contributed by atoms with Gasteiger partial charge in [0.15, 0.2) is 0 Å². The Morgan fingerprint density at radius 3 is 2.55 bits per heavy atom. The molecule has 0 spiro atoms. The largest absolute Gasteiger partial charge is 0.380 e. The zero-order chi connectivity index (χ0) is 13.8. The van der Waals surface area contributed by atoms with Crippen molar-refractivity contribution in [3.05, 3.63) is 77.6 Å². The number of benzene rings is 2. The molecular formula is C16H14ClN3. The summed E-state index contributed by atoms with van der Waals surface area (Å²) >= 11 is 6.11. The zero-order valence-electron chi connectivity index (χ0n) is 10.8. The second kappa shape index (κ2) is 5.80. The highest BCUT2D eigenvalue weighted by Gasteiger charge is 2.02. The third-order valence-corrected chi connectivity index (χ3v) is 3.34. The monoisotopic (exact) mass is 283 g/mol. The fraction of sp³-hybridized carbons (Fsp3) is 0.0625. The minimum atomic E-state index is 0.691. The normalized spacial score (nSPS) is 10.4. The molecule has 2 aromatic carbocycles. The van der Waals surface area contributed by atoms with Crippen LogP contribution in [0.2, 0.25) is 5.02 Å². The van der Waals surface area contributed by atoms with Crippen molar-refractivity contribution in [1.29, 1.82) is 0 Å². The van der Waals surface area contributed by atoms with E-state index in [4.69, 9.17) is 11.6 Å². The number of nitrogens with one attached hydrogen (secondary N) is 1. The second-order valence-electron chi connectivity index (χ2n) is 4.46. The average molecular weight is 284 g/mol. The van der Waals surface area contributed by atoms with Crippen LogP contribution in [0.15, 0.2) is 67.0 Å². The van der Waals surface area contributed by atoms with E-state index in [1.165, 1.54) is 0 Å². The summed E-state index contributed by atoms with van der Waals surface area (Å²) in [4.78, 5) is 0. The van der Waals surface area contributed by atoms with E-state index in [0.717, 1.165) is 22.0 Å². The molecule has 0 aliphatic heterocycles. The number of anilines is 1. The molecule has 1 heterocycles. The number of hydrogen-bond acceptors (Lipinski definition) is 2. The van der Waals surface area contributed by atoms with Gasteiger partial charge < -0.3 is 5.32 Å². The molecule has 0 atom stereocenters. The maximum Gasteiger partial charge on any atom is 0.0645 e. The first-order chi connectivity index (χ1) is 9.83. The second-order valence-corrected chi connectivity index (χ2v) is 4.87. The van der Waals surface area contributed by atoms with E-state index in [2.05, 4.69) is 10.4 Å². The van der Waals surface area contributed by atoms with Gasteiger partial charge in [-0.1, -0.05) is 41.9 Å². The molecule has 0 bridgehead atoms. The van der Waals surface area contributed by atoms with Crippen LogP contribution in [0.3, 0.4) is 0 Å². The number of hydrogen-bond donors (Lipinski definition) is 1. The zero-order valence-corrected chi connectivity index (χ0v) is 11.6. The van der Waals surface area contributed by atoms with Crippen molar-refractivity contribution in [3.63, 3.8) is 0 Å². The van der Waals surface area contributed by atoms with Crippen molar-refractivity contribution in [2.75, 3.05) is 5.32 Å². The van der Waals surface area contributed by atoms with Gasteiger partial charge in [-0.25, -0.2) is 4.68 Å². The molecule has 0 aliphatic rings. The lowest BCUT2D eigenvalue weighted by molar-refractivity contribution is 0.880. The minimum Gasteiger partial charge on any atom is -0.380 e. The van der Waals surface area contributed by atoms with Gasteiger partial charge in [0, 0.05) is 18.3 Å². The van der Waals surface area contributed by atoms with Gasteiger partial charge in [0.25, 0.3) is 0 Å². The van der Waals surface area contributed by atoms with Crippen LogP contribution in [0, 0.1) is 0 Å². The third kappa shape index (κ3) is 2.83. The molecule has 20 heavy (non-hydrogen) atoms. The molecule has 0 fully saturated rings. The summed E-state index contributed by atoms with van der Waals surface area (Å²) in [6, 6.07) is 17.8. The van der Waals surface area contributed by atoms with Crippen molar-refractivity contribution in [2.24, 2.45) is 0 Å². The van der Waals surface area contributed by atoms with E-state index in [-0.39, 0.29) is 0 Å². The number of para-hydroxylation sites is 2. The first-order valence-corrected chi connectivity index (χ1v) is 6.78. The van der Waals surface area contributed by atoms with Gasteiger partial charge in [-0.15, -0.1) is 0 Å². The first-order valence-electron chi connectivity index (χ1n) is 6.40. The van der Waals surface area contributed by atoms with Gasteiger partial charge in [-0.05, 0) is 24.3 Å². The topological polar surface area (TPSA) is 29.9 Å². The molecule has 3 aromatic rings. The summed E-state index contributed by atoms with van der Waals surface area (Å²) in [5.74, 6) is 0. The number of nitrogens with zero attached hydrogens (tertiary/aromatic N) is 2. The molecule has 0 radical (unpaired) electrons. The Kier molecular flexibility index (Phi) is 3.70. The first kappa shape index (κ1) is 12.8. The van der Waals surface area contributed by atoms with Crippen LogP contribution in [-0.2, 0) is 6.54 Å². The van der Waals surface area contributed by atoms with Crippen LogP contribution < -0.4 is 5.32 Å². The SMILES string of the molecule is Clc1ccccc1NCc1cnn(-c2ccccc2)c1. The molecule has 0 saturated carbocycles. The smallest absolute Gasteiger partial charge is 0.0645 e. The standard InChI is InChI=1S/C16H14ClN3/c17-15-8-4-5-9-16(15)18-10-13-11-19-20(12-13)14-6-2-1-3-7-14/h1-9,11-12,18H,10H2. The summed E-state index contributed by atoms with van der Waals surface area (Å²) < 4.78 is 1.86. The third-order valence-electron chi connectivity index (χ3n) is 3.01.